The minimum Gasteiger partial charge on any atom is -0.378 e. The zero-order valence-corrected chi connectivity index (χ0v) is 12.8. The minimum absolute atomic E-state index is 0.472. The Balaban J connectivity index is 1.78. The second-order valence-corrected chi connectivity index (χ2v) is 5.73. The Bertz CT molecular complexity index is 588. The molecule has 1 saturated heterocycles. The monoisotopic (exact) mass is 286 g/mol. The first kappa shape index (κ1) is 13.9. The molecule has 1 aliphatic rings. The van der Waals surface area contributed by atoms with Gasteiger partial charge in [-0.15, -0.1) is 5.10 Å². The third-order valence-corrected chi connectivity index (χ3v) is 3.78. The van der Waals surface area contributed by atoms with Gasteiger partial charge in [-0.05, 0) is 31.2 Å². The molecule has 1 aliphatic heterocycles. The van der Waals surface area contributed by atoms with Crippen molar-refractivity contribution >= 4 is 11.6 Å². The number of H-pyrrole nitrogens is 1. The lowest BCUT2D eigenvalue weighted by Crippen LogP contribution is -2.49. The van der Waals surface area contributed by atoms with Crippen LogP contribution in [0.3, 0.4) is 0 Å². The summed E-state index contributed by atoms with van der Waals surface area (Å²) in [7, 11) is 4.07. The van der Waals surface area contributed by atoms with Gasteiger partial charge < -0.3 is 15.1 Å². The number of anilines is 2. The second kappa shape index (κ2) is 5.73. The van der Waals surface area contributed by atoms with Crippen molar-refractivity contribution in [3.63, 3.8) is 0 Å². The highest BCUT2D eigenvalue weighted by atomic mass is 15.4. The quantitative estimate of drug-likeness (QED) is 0.891. The van der Waals surface area contributed by atoms with Crippen molar-refractivity contribution in [3.8, 4) is 11.4 Å². The summed E-state index contributed by atoms with van der Waals surface area (Å²) in [6, 6.07) is 8.79. The highest BCUT2D eigenvalue weighted by Gasteiger charge is 2.19. The third-order valence-electron chi connectivity index (χ3n) is 3.78. The molecule has 2 heterocycles. The van der Waals surface area contributed by atoms with E-state index in [1.165, 1.54) is 5.69 Å². The molecule has 1 aromatic carbocycles. The molecule has 0 saturated carbocycles. The molecule has 0 spiro atoms. The maximum Gasteiger partial charge on any atom is 0.245 e. The van der Waals surface area contributed by atoms with Gasteiger partial charge in [0.25, 0.3) is 0 Å². The smallest absolute Gasteiger partial charge is 0.245 e. The van der Waals surface area contributed by atoms with Crippen LogP contribution in [0.4, 0.5) is 11.6 Å². The van der Waals surface area contributed by atoms with Gasteiger partial charge >= 0.3 is 0 Å². The molecule has 3 rings (SSSR count). The van der Waals surface area contributed by atoms with Crippen molar-refractivity contribution in [2.75, 3.05) is 43.5 Å². The van der Waals surface area contributed by atoms with E-state index in [9.17, 15) is 0 Å². The van der Waals surface area contributed by atoms with Crippen LogP contribution < -0.4 is 15.1 Å². The van der Waals surface area contributed by atoms with E-state index in [0.29, 0.717) is 6.04 Å². The lowest BCUT2D eigenvalue weighted by atomic mass is 10.2. The van der Waals surface area contributed by atoms with Gasteiger partial charge in [-0.3, -0.25) is 5.10 Å². The molecule has 0 radical (unpaired) electrons. The topological polar surface area (TPSA) is 60.1 Å². The third kappa shape index (κ3) is 3.00. The number of nitrogens with zero attached hydrogens (tertiary/aromatic N) is 4. The van der Waals surface area contributed by atoms with E-state index in [0.717, 1.165) is 37.0 Å². The summed E-state index contributed by atoms with van der Waals surface area (Å²) in [5.74, 6) is 1.61. The number of aromatic amines is 1. The van der Waals surface area contributed by atoms with E-state index in [1.54, 1.807) is 0 Å². The van der Waals surface area contributed by atoms with Crippen LogP contribution in [0.5, 0.6) is 0 Å². The zero-order chi connectivity index (χ0) is 14.8. The molecule has 1 fully saturated rings. The van der Waals surface area contributed by atoms with Gasteiger partial charge in [-0.25, -0.2) is 0 Å². The highest BCUT2D eigenvalue weighted by Crippen LogP contribution is 2.21. The number of rotatable bonds is 3. The average Bonchev–Trinajstić information content (AvgIpc) is 2.97. The van der Waals surface area contributed by atoms with Gasteiger partial charge in [-0.1, -0.05) is 0 Å². The summed E-state index contributed by atoms with van der Waals surface area (Å²) in [4.78, 5) is 8.93. The number of nitrogens with one attached hydrogen (secondary N) is 2. The average molecular weight is 286 g/mol. The Morgan fingerprint density at radius 2 is 2.00 bits per heavy atom. The Morgan fingerprint density at radius 3 is 2.67 bits per heavy atom. The predicted molar refractivity (Wildman–Crippen MR) is 85.8 cm³/mol. The van der Waals surface area contributed by atoms with E-state index in [2.05, 4.69) is 61.5 Å². The second-order valence-electron chi connectivity index (χ2n) is 5.73. The van der Waals surface area contributed by atoms with Gasteiger partial charge in [0.1, 0.15) is 0 Å². The minimum atomic E-state index is 0.472. The summed E-state index contributed by atoms with van der Waals surface area (Å²) in [6.45, 7) is 5.04. The zero-order valence-electron chi connectivity index (χ0n) is 12.8. The highest BCUT2D eigenvalue weighted by molar-refractivity contribution is 5.61. The molecule has 0 amide bonds. The summed E-state index contributed by atoms with van der Waals surface area (Å²) in [5.41, 5.74) is 2.23. The molecule has 0 bridgehead atoms. The molecule has 2 aromatic rings. The normalized spacial score (nSPS) is 18.8. The van der Waals surface area contributed by atoms with Crippen LogP contribution in [0.15, 0.2) is 24.3 Å². The maximum absolute atomic E-state index is 4.63. The SMILES string of the molecule is CC1CN(c2n[nH]c(-c3ccc(N(C)C)cc3)n2)CCN1. The van der Waals surface area contributed by atoms with Gasteiger partial charge in [0.2, 0.25) is 5.95 Å². The van der Waals surface area contributed by atoms with Crippen LogP contribution in [-0.2, 0) is 0 Å². The molecule has 2 N–H and O–H groups in total. The number of hydrogen-bond donors (Lipinski definition) is 2. The van der Waals surface area contributed by atoms with E-state index < -0.39 is 0 Å². The van der Waals surface area contributed by atoms with Crippen molar-refractivity contribution in [1.82, 2.24) is 20.5 Å². The largest absolute Gasteiger partial charge is 0.378 e. The maximum atomic E-state index is 4.63. The van der Waals surface area contributed by atoms with Crippen molar-refractivity contribution in [1.29, 1.82) is 0 Å². The van der Waals surface area contributed by atoms with Gasteiger partial charge in [0.15, 0.2) is 5.82 Å². The van der Waals surface area contributed by atoms with Crippen LogP contribution in [-0.4, -0.2) is 55.0 Å². The molecule has 21 heavy (non-hydrogen) atoms. The van der Waals surface area contributed by atoms with E-state index in [4.69, 9.17) is 0 Å². The lowest BCUT2D eigenvalue weighted by molar-refractivity contribution is 0.480. The first-order valence-corrected chi connectivity index (χ1v) is 7.32. The Morgan fingerprint density at radius 1 is 1.24 bits per heavy atom. The summed E-state index contributed by atoms with van der Waals surface area (Å²) in [6.07, 6.45) is 0. The van der Waals surface area contributed by atoms with Crippen molar-refractivity contribution in [3.05, 3.63) is 24.3 Å². The number of piperazine rings is 1. The molecular weight excluding hydrogens is 264 g/mol. The fourth-order valence-electron chi connectivity index (χ4n) is 2.55. The fraction of sp³-hybridized carbons (Fsp3) is 0.467. The van der Waals surface area contributed by atoms with Crippen LogP contribution >= 0.6 is 0 Å². The van der Waals surface area contributed by atoms with Crippen LogP contribution in [0.25, 0.3) is 11.4 Å². The van der Waals surface area contributed by atoms with Gasteiger partial charge in [-0.2, -0.15) is 4.98 Å². The van der Waals surface area contributed by atoms with Crippen LogP contribution in [0.1, 0.15) is 6.92 Å². The van der Waals surface area contributed by atoms with Gasteiger partial charge in [0, 0.05) is 51.0 Å². The summed E-state index contributed by atoms with van der Waals surface area (Å²) in [5, 5.41) is 10.8. The lowest BCUT2D eigenvalue weighted by Gasteiger charge is -2.30. The van der Waals surface area contributed by atoms with E-state index >= 15 is 0 Å². The Hall–Kier alpha value is -2.08. The molecule has 6 heteroatoms. The number of aromatic nitrogens is 3. The van der Waals surface area contributed by atoms with E-state index in [1.807, 2.05) is 14.1 Å². The Labute approximate surface area is 125 Å². The predicted octanol–water partition coefficient (Wildman–Crippen LogP) is 1.34. The summed E-state index contributed by atoms with van der Waals surface area (Å²) >= 11 is 0. The molecule has 1 atom stereocenters. The molecule has 0 aliphatic carbocycles. The first-order chi connectivity index (χ1) is 10.1. The van der Waals surface area contributed by atoms with Crippen molar-refractivity contribution in [2.45, 2.75) is 13.0 Å². The van der Waals surface area contributed by atoms with E-state index in [-0.39, 0.29) is 0 Å². The standard InChI is InChI=1S/C15H22N6/c1-11-10-21(9-8-16-11)15-17-14(18-19-15)12-4-6-13(7-5-12)20(2)3/h4-7,11,16H,8-10H2,1-3H3,(H,17,18,19). The first-order valence-electron chi connectivity index (χ1n) is 7.32. The molecule has 112 valence electrons. The van der Waals surface area contributed by atoms with Crippen molar-refractivity contribution < 1.29 is 0 Å². The number of benzene rings is 1. The van der Waals surface area contributed by atoms with Crippen LogP contribution in [0, 0.1) is 0 Å². The number of hydrogen-bond acceptors (Lipinski definition) is 5. The Kier molecular flexibility index (Phi) is 3.79. The van der Waals surface area contributed by atoms with Crippen molar-refractivity contribution in [2.24, 2.45) is 0 Å². The molecule has 1 aromatic heterocycles. The molecule has 1 unspecified atom stereocenters. The molecule has 6 nitrogen and oxygen atoms in total. The van der Waals surface area contributed by atoms with Crippen LogP contribution in [0.2, 0.25) is 0 Å². The van der Waals surface area contributed by atoms with Gasteiger partial charge in [0.05, 0.1) is 0 Å². The summed E-state index contributed by atoms with van der Waals surface area (Å²) < 4.78 is 0. The fourth-order valence-corrected chi connectivity index (χ4v) is 2.55. The molecular formula is C15H22N6.